The van der Waals surface area contributed by atoms with Crippen molar-refractivity contribution >= 4 is 15.9 Å². The molecular formula is C21H27N3O3S. The van der Waals surface area contributed by atoms with Crippen molar-refractivity contribution in [3.8, 4) is 0 Å². The first kappa shape index (κ1) is 20.5. The van der Waals surface area contributed by atoms with E-state index in [-0.39, 0.29) is 18.4 Å². The molecule has 3 rings (SSSR count). The molecule has 28 heavy (non-hydrogen) atoms. The van der Waals surface area contributed by atoms with Gasteiger partial charge in [-0.25, -0.2) is 8.42 Å². The fourth-order valence-corrected chi connectivity index (χ4v) is 5.85. The van der Waals surface area contributed by atoms with E-state index in [4.69, 9.17) is 0 Å². The number of pyridine rings is 1. The van der Waals surface area contributed by atoms with Gasteiger partial charge in [0.1, 0.15) is 0 Å². The number of benzene rings is 1. The van der Waals surface area contributed by atoms with Crippen LogP contribution in [0.5, 0.6) is 0 Å². The molecular weight excluding hydrogens is 374 g/mol. The molecule has 0 spiro atoms. The summed E-state index contributed by atoms with van der Waals surface area (Å²) in [6, 6.07) is 7.48. The molecule has 1 saturated heterocycles. The second-order valence-electron chi connectivity index (χ2n) is 7.50. The van der Waals surface area contributed by atoms with Crippen LogP contribution >= 0.6 is 0 Å². The zero-order chi connectivity index (χ0) is 20.3. The third-order valence-corrected chi connectivity index (χ3v) is 7.34. The smallest absolute Gasteiger partial charge is 0.243 e. The van der Waals surface area contributed by atoms with E-state index in [0.29, 0.717) is 30.8 Å². The molecule has 1 aromatic heterocycles. The van der Waals surface area contributed by atoms with Crippen LogP contribution in [0, 0.1) is 26.7 Å². The lowest BCUT2D eigenvalue weighted by Crippen LogP contribution is -2.45. The minimum absolute atomic E-state index is 0.103. The zero-order valence-corrected chi connectivity index (χ0v) is 17.4. The van der Waals surface area contributed by atoms with Gasteiger partial charge < -0.3 is 5.32 Å². The van der Waals surface area contributed by atoms with E-state index in [1.807, 2.05) is 45.0 Å². The molecule has 1 atom stereocenters. The van der Waals surface area contributed by atoms with Gasteiger partial charge in [-0.05, 0) is 62.4 Å². The minimum atomic E-state index is -3.63. The number of nitrogens with one attached hydrogen (secondary N) is 1. The highest BCUT2D eigenvalue weighted by Crippen LogP contribution is 2.29. The zero-order valence-electron chi connectivity index (χ0n) is 16.6. The summed E-state index contributed by atoms with van der Waals surface area (Å²) in [5.74, 6) is -0.439. The Morgan fingerprint density at radius 3 is 2.46 bits per heavy atom. The normalized spacial score (nSPS) is 18.0. The van der Waals surface area contributed by atoms with Crippen molar-refractivity contribution in [3.05, 3.63) is 58.9 Å². The number of amides is 1. The Labute approximate surface area is 167 Å². The molecule has 0 saturated carbocycles. The van der Waals surface area contributed by atoms with Crippen molar-refractivity contribution in [3.63, 3.8) is 0 Å². The first-order chi connectivity index (χ1) is 13.3. The van der Waals surface area contributed by atoms with E-state index >= 15 is 0 Å². The molecule has 2 heterocycles. The van der Waals surface area contributed by atoms with Crippen molar-refractivity contribution in [2.45, 2.75) is 45.1 Å². The molecule has 1 amide bonds. The fourth-order valence-electron chi connectivity index (χ4n) is 3.91. The molecule has 0 bridgehead atoms. The average Bonchev–Trinajstić information content (AvgIpc) is 2.66. The summed E-state index contributed by atoms with van der Waals surface area (Å²) < 4.78 is 28.0. The molecule has 1 aromatic carbocycles. The monoisotopic (exact) mass is 401 g/mol. The van der Waals surface area contributed by atoms with Crippen molar-refractivity contribution in [1.29, 1.82) is 0 Å². The van der Waals surface area contributed by atoms with Crippen LogP contribution in [0.3, 0.4) is 0 Å². The maximum Gasteiger partial charge on any atom is 0.243 e. The molecule has 1 fully saturated rings. The highest BCUT2D eigenvalue weighted by molar-refractivity contribution is 7.89. The first-order valence-corrected chi connectivity index (χ1v) is 11.0. The van der Waals surface area contributed by atoms with Gasteiger partial charge in [0.25, 0.3) is 0 Å². The molecule has 150 valence electrons. The number of nitrogens with zero attached hydrogens (tertiary/aromatic N) is 2. The van der Waals surface area contributed by atoms with Crippen LogP contribution in [0.1, 0.15) is 35.1 Å². The summed E-state index contributed by atoms with van der Waals surface area (Å²) in [6.07, 6.45) is 4.74. The van der Waals surface area contributed by atoms with E-state index in [1.165, 1.54) is 4.31 Å². The summed E-state index contributed by atoms with van der Waals surface area (Å²) in [6.45, 7) is 6.70. The van der Waals surface area contributed by atoms with Gasteiger partial charge in [-0.15, -0.1) is 0 Å². The number of hydrogen-bond donors (Lipinski definition) is 1. The van der Waals surface area contributed by atoms with Crippen molar-refractivity contribution in [1.82, 2.24) is 14.6 Å². The standard InChI is InChI=1S/C21H27N3O3S/c1-15-11-16(2)20(17(3)12-15)28(26,27)24-10-4-5-19(14-24)21(25)23-13-18-6-8-22-9-7-18/h6-9,11-12,19H,4-5,10,13-14H2,1-3H3,(H,23,25)/t19-/m1/s1. The number of aromatic nitrogens is 1. The number of aryl methyl sites for hydroxylation is 3. The van der Waals surface area contributed by atoms with Gasteiger partial charge in [0.2, 0.25) is 15.9 Å². The summed E-state index contributed by atoms with van der Waals surface area (Å²) in [4.78, 5) is 16.9. The third-order valence-electron chi connectivity index (χ3n) is 5.17. The van der Waals surface area contributed by atoms with Crippen LogP contribution in [0.4, 0.5) is 0 Å². The number of piperidine rings is 1. The Morgan fingerprint density at radius 2 is 1.82 bits per heavy atom. The van der Waals surface area contributed by atoms with E-state index in [9.17, 15) is 13.2 Å². The topological polar surface area (TPSA) is 79.4 Å². The Balaban J connectivity index is 1.73. The molecule has 1 aliphatic rings. The Hall–Kier alpha value is -2.25. The van der Waals surface area contributed by atoms with E-state index in [1.54, 1.807) is 12.4 Å². The lowest BCUT2D eigenvalue weighted by Gasteiger charge is -2.32. The second-order valence-corrected chi connectivity index (χ2v) is 9.38. The van der Waals surface area contributed by atoms with Gasteiger partial charge in [0.15, 0.2) is 0 Å². The molecule has 0 aliphatic carbocycles. The van der Waals surface area contributed by atoms with Crippen LogP contribution in [0.15, 0.2) is 41.6 Å². The van der Waals surface area contributed by atoms with Gasteiger partial charge in [0, 0.05) is 32.0 Å². The van der Waals surface area contributed by atoms with E-state index in [0.717, 1.165) is 22.3 Å². The summed E-state index contributed by atoms with van der Waals surface area (Å²) in [5.41, 5.74) is 3.51. The molecule has 1 N–H and O–H groups in total. The summed E-state index contributed by atoms with van der Waals surface area (Å²) >= 11 is 0. The SMILES string of the molecule is Cc1cc(C)c(S(=O)(=O)N2CCC[C@@H](C(=O)NCc3ccncc3)C2)c(C)c1. The lowest BCUT2D eigenvalue weighted by molar-refractivity contribution is -0.126. The molecule has 6 nitrogen and oxygen atoms in total. The highest BCUT2D eigenvalue weighted by Gasteiger charge is 2.34. The van der Waals surface area contributed by atoms with Crippen molar-refractivity contribution in [2.24, 2.45) is 5.92 Å². The molecule has 7 heteroatoms. The molecule has 0 unspecified atom stereocenters. The number of hydrogen-bond acceptors (Lipinski definition) is 4. The first-order valence-electron chi connectivity index (χ1n) is 9.53. The summed E-state index contributed by atoms with van der Waals surface area (Å²) in [5, 5.41) is 2.92. The van der Waals surface area contributed by atoms with Gasteiger partial charge in [-0.3, -0.25) is 9.78 Å². The number of carbonyl (C=O) groups excluding carboxylic acids is 1. The van der Waals surface area contributed by atoms with Crippen LogP contribution in [0.25, 0.3) is 0 Å². The van der Waals surface area contributed by atoms with Gasteiger partial charge in [-0.1, -0.05) is 17.7 Å². The van der Waals surface area contributed by atoms with Crippen LogP contribution in [0.2, 0.25) is 0 Å². The van der Waals surface area contributed by atoms with Crippen LogP contribution in [-0.2, 0) is 21.4 Å². The number of rotatable bonds is 5. The predicted molar refractivity (Wildman–Crippen MR) is 108 cm³/mol. The second kappa shape index (κ2) is 8.41. The van der Waals surface area contributed by atoms with E-state index in [2.05, 4.69) is 10.3 Å². The minimum Gasteiger partial charge on any atom is -0.352 e. The largest absolute Gasteiger partial charge is 0.352 e. The molecule has 1 aliphatic heterocycles. The fraction of sp³-hybridized carbons (Fsp3) is 0.429. The highest BCUT2D eigenvalue weighted by atomic mass is 32.2. The lowest BCUT2D eigenvalue weighted by atomic mass is 9.99. The predicted octanol–water partition coefficient (Wildman–Crippen LogP) is 2.72. The Morgan fingerprint density at radius 1 is 1.18 bits per heavy atom. The average molecular weight is 402 g/mol. The van der Waals surface area contributed by atoms with E-state index < -0.39 is 10.0 Å². The van der Waals surface area contributed by atoms with Crippen LogP contribution < -0.4 is 5.32 Å². The molecule has 0 radical (unpaired) electrons. The summed E-state index contributed by atoms with van der Waals surface area (Å²) in [7, 11) is -3.63. The third kappa shape index (κ3) is 4.42. The number of carbonyl (C=O) groups is 1. The van der Waals surface area contributed by atoms with Gasteiger partial charge in [0.05, 0.1) is 10.8 Å². The maximum absolute atomic E-state index is 13.3. The Bertz CT molecular complexity index is 935. The maximum atomic E-state index is 13.3. The quantitative estimate of drug-likeness (QED) is 0.835. The van der Waals surface area contributed by atoms with Gasteiger partial charge >= 0.3 is 0 Å². The van der Waals surface area contributed by atoms with Crippen LogP contribution in [-0.4, -0.2) is 36.7 Å². The van der Waals surface area contributed by atoms with Crippen molar-refractivity contribution in [2.75, 3.05) is 13.1 Å². The van der Waals surface area contributed by atoms with Gasteiger partial charge in [-0.2, -0.15) is 4.31 Å². The van der Waals surface area contributed by atoms with Crippen molar-refractivity contribution < 1.29 is 13.2 Å². The molecule has 2 aromatic rings. The Kier molecular flexibility index (Phi) is 6.15. The number of sulfonamides is 1.